The molecule has 0 spiro atoms. The van der Waals surface area contributed by atoms with Gasteiger partial charge in [0, 0.05) is 32.2 Å². The van der Waals surface area contributed by atoms with Gasteiger partial charge < -0.3 is 4.42 Å². The van der Waals surface area contributed by atoms with E-state index >= 15 is 0 Å². The molecule has 0 N–H and O–H groups in total. The summed E-state index contributed by atoms with van der Waals surface area (Å²) in [5.41, 5.74) is 2.16. The number of hydrogen-bond donors (Lipinski definition) is 0. The van der Waals surface area contributed by atoms with Gasteiger partial charge in [0.05, 0.1) is 4.90 Å². The lowest BCUT2D eigenvalue weighted by Gasteiger charge is -2.10. The predicted octanol–water partition coefficient (Wildman–Crippen LogP) is 2.77. The number of aromatic nitrogens is 2. The molecule has 3 rings (SSSR count). The number of sulfonamides is 1. The molecular weight excluding hydrogens is 334 g/mol. The molecule has 0 bridgehead atoms. The van der Waals surface area contributed by atoms with E-state index in [2.05, 4.69) is 9.97 Å². The van der Waals surface area contributed by atoms with Gasteiger partial charge in [-0.1, -0.05) is 17.8 Å². The Morgan fingerprint density at radius 1 is 1.26 bits per heavy atom. The van der Waals surface area contributed by atoms with Crippen molar-refractivity contribution in [2.45, 2.75) is 15.9 Å². The number of rotatable bonds is 5. The number of benzene rings is 1. The Kier molecular flexibility index (Phi) is 4.38. The van der Waals surface area contributed by atoms with E-state index in [0.29, 0.717) is 22.1 Å². The van der Waals surface area contributed by atoms with Crippen LogP contribution in [0.1, 0.15) is 5.56 Å². The molecule has 3 aromatic rings. The highest BCUT2D eigenvalue weighted by molar-refractivity contribution is 7.98. The third-order valence-corrected chi connectivity index (χ3v) is 5.91. The van der Waals surface area contributed by atoms with Crippen LogP contribution in [0.4, 0.5) is 0 Å². The van der Waals surface area contributed by atoms with Crippen LogP contribution in [-0.4, -0.2) is 36.8 Å². The first kappa shape index (κ1) is 16.0. The molecule has 8 heteroatoms. The second kappa shape index (κ2) is 6.31. The SMILES string of the molecule is CN(C)S(=O)(=O)c1ccc2oc(SCc3cccnc3)nc2c1. The van der Waals surface area contributed by atoms with Crippen molar-refractivity contribution in [3.63, 3.8) is 0 Å². The molecule has 120 valence electrons. The minimum atomic E-state index is -3.48. The van der Waals surface area contributed by atoms with Crippen LogP contribution in [0.2, 0.25) is 0 Å². The number of thioether (sulfide) groups is 1. The average Bonchev–Trinajstić information content (AvgIpc) is 2.95. The van der Waals surface area contributed by atoms with Gasteiger partial charge in [0.1, 0.15) is 5.52 Å². The first-order valence-corrected chi connectivity index (χ1v) is 9.24. The van der Waals surface area contributed by atoms with E-state index in [0.717, 1.165) is 5.56 Å². The second-order valence-corrected chi connectivity index (χ2v) is 8.13. The summed E-state index contributed by atoms with van der Waals surface area (Å²) < 4.78 is 31.1. The van der Waals surface area contributed by atoms with E-state index in [-0.39, 0.29) is 4.90 Å². The van der Waals surface area contributed by atoms with Crippen LogP contribution in [0.25, 0.3) is 11.1 Å². The minimum absolute atomic E-state index is 0.201. The van der Waals surface area contributed by atoms with E-state index in [4.69, 9.17) is 4.42 Å². The van der Waals surface area contributed by atoms with Crippen LogP contribution < -0.4 is 0 Å². The summed E-state index contributed by atoms with van der Waals surface area (Å²) in [5.74, 6) is 0.684. The summed E-state index contributed by atoms with van der Waals surface area (Å²) >= 11 is 1.44. The first-order valence-electron chi connectivity index (χ1n) is 6.81. The molecular formula is C15H15N3O3S2. The number of oxazole rings is 1. The lowest BCUT2D eigenvalue weighted by Crippen LogP contribution is -2.22. The molecule has 0 unspecified atom stereocenters. The van der Waals surface area contributed by atoms with Crippen LogP contribution in [0.5, 0.6) is 0 Å². The summed E-state index contributed by atoms with van der Waals surface area (Å²) in [6.45, 7) is 0. The molecule has 23 heavy (non-hydrogen) atoms. The normalized spacial score (nSPS) is 12.1. The molecule has 1 aromatic carbocycles. The van der Waals surface area contributed by atoms with Gasteiger partial charge in [-0.25, -0.2) is 17.7 Å². The van der Waals surface area contributed by atoms with E-state index in [9.17, 15) is 8.42 Å². The molecule has 0 atom stereocenters. The van der Waals surface area contributed by atoms with Gasteiger partial charge in [-0.05, 0) is 29.8 Å². The Balaban J connectivity index is 1.85. The Labute approximate surface area is 138 Å². The van der Waals surface area contributed by atoms with Gasteiger partial charge in [0.2, 0.25) is 10.0 Å². The highest BCUT2D eigenvalue weighted by Crippen LogP contribution is 2.27. The fraction of sp³-hybridized carbons (Fsp3) is 0.200. The van der Waals surface area contributed by atoms with Crippen molar-refractivity contribution < 1.29 is 12.8 Å². The van der Waals surface area contributed by atoms with E-state index in [1.54, 1.807) is 18.5 Å². The van der Waals surface area contributed by atoms with Gasteiger partial charge in [-0.15, -0.1) is 0 Å². The van der Waals surface area contributed by atoms with E-state index in [1.807, 2.05) is 12.1 Å². The number of fused-ring (bicyclic) bond motifs is 1. The zero-order valence-corrected chi connectivity index (χ0v) is 14.3. The third kappa shape index (κ3) is 3.39. The standard InChI is InChI=1S/C15H15N3O3S2/c1-18(2)23(19,20)12-5-6-14-13(8-12)17-15(21-14)22-10-11-4-3-7-16-9-11/h3-9H,10H2,1-2H3. The second-order valence-electron chi connectivity index (χ2n) is 5.05. The van der Waals surface area contributed by atoms with Crippen LogP contribution >= 0.6 is 11.8 Å². The molecule has 0 aliphatic rings. The predicted molar refractivity (Wildman–Crippen MR) is 88.7 cm³/mol. The zero-order valence-electron chi connectivity index (χ0n) is 12.6. The molecule has 2 heterocycles. The van der Waals surface area contributed by atoms with Gasteiger partial charge in [-0.2, -0.15) is 0 Å². The molecule has 0 fully saturated rings. The zero-order chi connectivity index (χ0) is 16.4. The van der Waals surface area contributed by atoms with E-state index in [1.165, 1.54) is 42.3 Å². The molecule has 0 saturated carbocycles. The Bertz CT molecular complexity index is 922. The molecule has 0 aliphatic heterocycles. The van der Waals surface area contributed by atoms with Crippen molar-refractivity contribution in [1.82, 2.24) is 14.3 Å². The highest BCUT2D eigenvalue weighted by Gasteiger charge is 2.19. The summed E-state index contributed by atoms with van der Waals surface area (Å²) in [4.78, 5) is 8.61. The number of hydrogen-bond acceptors (Lipinski definition) is 6. The third-order valence-electron chi connectivity index (χ3n) is 3.20. The first-order chi connectivity index (χ1) is 11.0. The number of nitrogens with zero attached hydrogens (tertiary/aromatic N) is 3. The Hall–Kier alpha value is -1.90. The van der Waals surface area contributed by atoms with Gasteiger partial charge in [-0.3, -0.25) is 4.98 Å². The lowest BCUT2D eigenvalue weighted by atomic mass is 10.3. The van der Waals surface area contributed by atoms with Crippen molar-refractivity contribution in [3.05, 3.63) is 48.3 Å². The molecule has 0 saturated heterocycles. The Morgan fingerprint density at radius 3 is 2.78 bits per heavy atom. The number of pyridine rings is 1. The molecule has 0 radical (unpaired) electrons. The summed E-state index contributed by atoms with van der Waals surface area (Å²) in [6.07, 6.45) is 3.51. The van der Waals surface area contributed by atoms with Crippen LogP contribution in [0.15, 0.2) is 57.3 Å². The quantitative estimate of drug-likeness (QED) is 0.659. The average molecular weight is 349 g/mol. The molecule has 0 amide bonds. The fourth-order valence-electron chi connectivity index (χ4n) is 1.95. The smallest absolute Gasteiger partial charge is 0.257 e. The summed E-state index contributed by atoms with van der Waals surface area (Å²) in [5, 5.41) is 0.503. The van der Waals surface area contributed by atoms with Gasteiger partial charge >= 0.3 is 0 Å². The van der Waals surface area contributed by atoms with Crippen molar-refractivity contribution in [1.29, 1.82) is 0 Å². The van der Waals surface area contributed by atoms with Crippen LogP contribution in [0, 0.1) is 0 Å². The molecule has 0 aliphatic carbocycles. The maximum absolute atomic E-state index is 12.1. The van der Waals surface area contributed by atoms with Gasteiger partial charge in [0.15, 0.2) is 5.58 Å². The van der Waals surface area contributed by atoms with E-state index < -0.39 is 10.0 Å². The molecule has 6 nitrogen and oxygen atoms in total. The Morgan fingerprint density at radius 2 is 2.09 bits per heavy atom. The monoisotopic (exact) mass is 349 g/mol. The lowest BCUT2D eigenvalue weighted by molar-refractivity contribution is 0.489. The highest BCUT2D eigenvalue weighted by atomic mass is 32.2. The summed E-state index contributed by atoms with van der Waals surface area (Å²) in [7, 11) is -0.483. The summed E-state index contributed by atoms with van der Waals surface area (Å²) in [6, 6.07) is 8.54. The van der Waals surface area contributed by atoms with Gasteiger partial charge in [0.25, 0.3) is 5.22 Å². The topological polar surface area (TPSA) is 76.3 Å². The fourth-order valence-corrected chi connectivity index (χ4v) is 3.64. The van der Waals surface area contributed by atoms with Crippen LogP contribution in [-0.2, 0) is 15.8 Å². The van der Waals surface area contributed by atoms with Crippen molar-refractivity contribution in [3.8, 4) is 0 Å². The van der Waals surface area contributed by atoms with Crippen LogP contribution in [0.3, 0.4) is 0 Å². The van der Waals surface area contributed by atoms with Crippen molar-refractivity contribution in [2.24, 2.45) is 0 Å². The largest absolute Gasteiger partial charge is 0.431 e. The van der Waals surface area contributed by atoms with Crippen molar-refractivity contribution in [2.75, 3.05) is 14.1 Å². The maximum Gasteiger partial charge on any atom is 0.257 e. The van der Waals surface area contributed by atoms with Crippen molar-refractivity contribution >= 4 is 32.9 Å². The minimum Gasteiger partial charge on any atom is -0.431 e. The molecule has 2 aromatic heterocycles. The maximum atomic E-state index is 12.1.